The number of aliphatic hydroxyl groups is 1. The summed E-state index contributed by atoms with van der Waals surface area (Å²) in [5, 5.41) is 10.0. The molecule has 0 aromatic rings. The van der Waals surface area contributed by atoms with Crippen LogP contribution in [0.3, 0.4) is 0 Å². The topological polar surface area (TPSA) is 20.2 Å². The van der Waals surface area contributed by atoms with Crippen molar-refractivity contribution >= 4 is 0 Å². The molecule has 0 saturated heterocycles. The standard InChI is InChI=1S/C28H44O/c1-19(2)20(3)9-10-22(5)26-15-16-27-23(8-7-17-28(26,27)6)12-13-24-18-25(29)14-11-21(24)4/h9-10,12-13,19-20,22,25-27,29H,4,7-8,11,14-18H2,1-3,5-6H3/b10-9+,23-12-,24-13-/t20-,22+,25-,26-,27?,28-/m0/s1. The fraction of sp³-hybridized carbons (Fsp3) is 0.714. The second kappa shape index (κ2) is 9.38. The van der Waals surface area contributed by atoms with E-state index in [9.17, 15) is 5.11 Å². The van der Waals surface area contributed by atoms with Crippen molar-refractivity contribution in [2.24, 2.45) is 35.0 Å². The summed E-state index contributed by atoms with van der Waals surface area (Å²) < 4.78 is 0. The highest BCUT2D eigenvalue weighted by Gasteiger charge is 2.50. The Hall–Kier alpha value is -1.08. The molecule has 3 aliphatic carbocycles. The number of fused-ring (bicyclic) bond motifs is 1. The molecule has 0 radical (unpaired) electrons. The van der Waals surface area contributed by atoms with Crippen LogP contribution in [0.25, 0.3) is 0 Å². The van der Waals surface area contributed by atoms with E-state index in [4.69, 9.17) is 0 Å². The molecule has 1 unspecified atom stereocenters. The maximum atomic E-state index is 10.0. The monoisotopic (exact) mass is 396 g/mol. The lowest BCUT2D eigenvalue weighted by molar-refractivity contribution is 0.112. The Morgan fingerprint density at radius 1 is 1.03 bits per heavy atom. The number of aliphatic hydroxyl groups excluding tert-OH is 1. The van der Waals surface area contributed by atoms with E-state index in [1.54, 1.807) is 5.57 Å². The first-order valence-corrected chi connectivity index (χ1v) is 12.2. The Kier molecular flexibility index (Phi) is 7.31. The van der Waals surface area contributed by atoms with E-state index in [0.717, 1.165) is 37.0 Å². The number of rotatable bonds is 5. The molecule has 0 bridgehead atoms. The predicted molar refractivity (Wildman–Crippen MR) is 126 cm³/mol. The minimum absolute atomic E-state index is 0.182. The maximum Gasteiger partial charge on any atom is 0.0583 e. The summed E-state index contributed by atoms with van der Waals surface area (Å²) in [6, 6.07) is 0. The van der Waals surface area contributed by atoms with Crippen LogP contribution in [0.2, 0.25) is 0 Å². The molecule has 3 aliphatic rings. The van der Waals surface area contributed by atoms with Crippen LogP contribution in [0.15, 0.2) is 47.6 Å². The van der Waals surface area contributed by atoms with Crippen molar-refractivity contribution in [3.05, 3.63) is 47.6 Å². The molecule has 1 heteroatoms. The molecule has 0 spiro atoms. The highest BCUT2D eigenvalue weighted by Crippen LogP contribution is 2.59. The van der Waals surface area contributed by atoms with Gasteiger partial charge in [0, 0.05) is 0 Å². The van der Waals surface area contributed by atoms with Gasteiger partial charge in [-0.15, -0.1) is 0 Å². The number of hydrogen-bond acceptors (Lipinski definition) is 1. The van der Waals surface area contributed by atoms with E-state index in [2.05, 4.69) is 65.5 Å². The van der Waals surface area contributed by atoms with E-state index in [1.807, 2.05) is 0 Å². The van der Waals surface area contributed by atoms with Gasteiger partial charge in [-0.3, -0.25) is 0 Å². The molecule has 162 valence electrons. The Labute approximate surface area is 180 Å². The normalized spacial score (nSPS) is 38.2. The molecular formula is C28H44O. The maximum absolute atomic E-state index is 10.0. The summed E-state index contributed by atoms with van der Waals surface area (Å²) >= 11 is 0. The average Bonchev–Trinajstić information content (AvgIpc) is 3.04. The zero-order valence-corrected chi connectivity index (χ0v) is 19.6. The van der Waals surface area contributed by atoms with Crippen LogP contribution in [0.1, 0.15) is 86.0 Å². The molecule has 0 amide bonds. The third kappa shape index (κ3) is 4.98. The van der Waals surface area contributed by atoms with Crippen LogP contribution in [0, 0.1) is 35.0 Å². The lowest BCUT2D eigenvalue weighted by Gasteiger charge is -2.44. The summed E-state index contributed by atoms with van der Waals surface area (Å²) in [5.74, 6) is 3.58. The summed E-state index contributed by atoms with van der Waals surface area (Å²) in [7, 11) is 0. The molecule has 0 aromatic carbocycles. The summed E-state index contributed by atoms with van der Waals surface area (Å²) in [6.45, 7) is 16.3. The zero-order valence-electron chi connectivity index (χ0n) is 19.6. The molecule has 0 aliphatic heterocycles. The molecule has 1 N–H and O–H groups in total. The second-order valence-electron chi connectivity index (χ2n) is 10.9. The first kappa shape index (κ1) is 22.6. The van der Waals surface area contributed by atoms with Crippen LogP contribution in [-0.2, 0) is 0 Å². The van der Waals surface area contributed by atoms with Crippen LogP contribution in [0.4, 0.5) is 0 Å². The second-order valence-corrected chi connectivity index (χ2v) is 10.9. The Bertz CT molecular complexity index is 678. The van der Waals surface area contributed by atoms with Crippen molar-refractivity contribution in [2.75, 3.05) is 0 Å². The molecule has 1 nitrogen and oxygen atoms in total. The first-order chi connectivity index (χ1) is 13.7. The number of allylic oxidation sites excluding steroid dienone is 6. The van der Waals surface area contributed by atoms with Gasteiger partial charge in [-0.1, -0.05) is 76.6 Å². The van der Waals surface area contributed by atoms with E-state index in [1.165, 1.54) is 43.3 Å². The third-order valence-corrected chi connectivity index (χ3v) is 8.63. The van der Waals surface area contributed by atoms with Gasteiger partial charge in [-0.2, -0.15) is 0 Å². The number of hydrogen-bond donors (Lipinski definition) is 1. The van der Waals surface area contributed by atoms with Crippen molar-refractivity contribution in [2.45, 2.75) is 92.1 Å². The quantitative estimate of drug-likeness (QED) is 0.473. The van der Waals surface area contributed by atoms with Crippen molar-refractivity contribution in [3.8, 4) is 0 Å². The van der Waals surface area contributed by atoms with Gasteiger partial charge in [0.2, 0.25) is 0 Å². The van der Waals surface area contributed by atoms with Crippen LogP contribution >= 0.6 is 0 Å². The molecule has 0 aromatic heterocycles. The van der Waals surface area contributed by atoms with Crippen molar-refractivity contribution in [1.29, 1.82) is 0 Å². The van der Waals surface area contributed by atoms with Gasteiger partial charge in [-0.25, -0.2) is 0 Å². The van der Waals surface area contributed by atoms with Crippen LogP contribution in [-0.4, -0.2) is 11.2 Å². The highest BCUT2D eigenvalue weighted by atomic mass is 16.3. The van der Waals surface area contributed by atoms with Crippen LogP contribution < -0.4 is 0 Å². The fourth-order valence-corrected chi connectivity index (χ4v) is 6.25. The van der Waals surface area contributed by atoms with Crippen molar-refractivity contribution in [3.63, 3.8) is 0 Å². The summed E-state index contributed by atoms with van der Waals surface area (Å²) in [6.07, 6.45) is 18.8. The van der Waals surface area contributed by atoms with Gasteiger partial charge in [-0.05, 0) is 91.9 Å². The van der Waals surface area contributed by atoms with E-state index < -0.39 is 0 Å². The van der Waals surface area contributed by atoms with Gasteiger partial charge >= 0.3 is 0 Å². The Morgan fingerprint density at radius 2 is 1.79 bits per heavy atom. The lowest BCUT2D eigenvalue weighted by Crippen LogP contribution is -2.35. The Balaban J connectivity index is 1.75. The van der Waals surface area contributed by atoms with Gasteiger partial charge in [0.15, 0.2) is 0 Å². The van der Waals surface area contributed by atoms with E-state index in [-0.39, 0.29) is 6.10 Å². The highest BCUT2D eigenvalue weighted by molar-refractivity contribution is 5.36. The predicted octanol–water partition coefficient (Wildman–Crippen LogP) is 7.64. The summed E-state index contributed by atoms with van der Waals surface area (Å²) in [4.78, 5) is 0. The van der Waals surface area contributed by atoms with Gasteiger partial charge < -0.3 is 5.11 Å². The van der Waals surface area contributed by atoms with Crippen LogP contribution in [0.5, 0.6) is 0 Å². The molecule has 29 heavy (non-hydrogen) atoms. The molecular weight excluding hydrogens is 352 g/mol. The minimum atomic E-state index is -0.182. The molecule has 3 rings (SSSR count). The average molecular weight is 397 g/mol. The molecule has 3 fully saturated rings. The molecule has 0 heterocycles. The SMILES string of the molecule is C=C1CC[C@H](O)C/C1=C/C=C1/CCC[C@]2(C)C1CC[C@H]2[C@H](C)/C=C/[C@H](C)C(C)C. The van der Waals surface area contributed by atoms with Gasteiger partial charge in [0.1, 0.15) is 0 Å². The van der Waals surface area contributed by atoms with Crippen molar-refractivity contribution in [1.82, 2.24) is 0 Å². The third-order valence-electron chi connectivity index (χ3n) is 8.63. The van der Waals surface area contributed by atoms with Gasteiger partial charge in [0.25, 0.3) is 0 Å². The Morgan fingerprint density at radius 3 is 2.52 bits per heavy atom. The first-order valence-electron chi connectivity index (χ1n) is 12.2. The smallest absolute Gasteiger partial charge is 0.0583 e. The van der Waals surface area contributed by atoms with Crippen molar-refractivity contribution < 1.29 is 5.11 Å². The fourth-order valence-electron chi connectivity index (χ4n) is 6.25. The zero-order chi connectivity index (χ0) is 21.2. The van der Waals surface area contributed by atoms with E-state index in [0.29, 0.717) is 17.3 Å². The lowest BCUT2D eigenvalue weighted by atomic mass is 9.61. The van der Waals surface area contributed by atoms with E-state index >= 15 is 0 Å². The summed E-state index contributed by atoms with van der Waals surface area (Å²) in [5.41, 5.74) is 4.61. The molecule has 6 atom stereocenters. The van der Waals surface area contributed by atoms with Gasteiger partial charge in [0.05, 0.1) is 6.10 Å². The minimum Gasteiger partial charge on any atom is -0.393 e. The largest absolute Gasteiger partial charge is 0.393 e. The molecule has 3 saturated carbocycles.